The van der Waals surface area contributed by atoms with Gasteiger partial charge in [0.15, 0.2) is 0 Å². The lowest BCUT2D eigenvalue weighted by molar-refractivity contribution is -0.137. The van der Waals surface area contributed by atoms with Crippen LogP contribution in [0.5, 0.6) is 0 Å². The Kier molecular flexibility index (Phi) is 8.13. The van der Waals surface area contributed by atoms with E-state index in [1.165, 1.54) is 35.2 Å². The number of rotatable bonds is 7. The Balaban J connectivity index is 1.73. The number of nitrogens with two attached hydrogens (primary N) is 1. The molecule has 1 aliphatic heterocycles. The largest absolute Gasteiger partial charge is 0.416 e. The van der Waals surface area contributed by atoms with Gasteiger partial charge in [-0.05, 0) is 61.9 Å². The molecule has 4 amide bonds. The topological polar surface area (TPSA) is 122 Å². The molecule has 0 unspecified atom stereocenters. The molecule has 4 N–H and O–H groups in total. The Hall–Kier alpha value is -5.20. The molecule has 3 atom stereocenters. The Labute approximate surface area is 249 Å². The molecule has 0 spiro atoms. The second-order valence-electron chi connectivity index (χ2n) is 10.2. The summed E-state index contributed by atoms with van der Waals surface area (Å²) in [6.07, 6.45) is -4.69. The van der Waals surface area contributed by atoms with Gasteiger partial charge in [-0.2, -0.15) is 18.3 Å². The predicted octanol–water partition coefficient (Wildman–Crippen LogP) is 5.06. The quantitative estimate of drug-likeness (QED) is 0.254. The standard InChI is InChI=1S/C31H28F4N6O3/c1-3-40-28-24(25(17(2)37-30(36)44)39-41(28)22-10-5-4-6-11-22)23(18-12-14-21(32)15-13-18)26(29(40)43)38-27(42)19-8-7-9-20(16-19)31(33,34)35/h4-17,23,26H,3H2,1-2H3,(H,38,42)(H3,36,37,44)/t17-,23+,26+/m1/s1. The molecule has 0 fully saturated rings. The van der Waals surface area contributed by atoms with Crippen molar-refractivity contribution in [2.75, 3.05) is 11.4 Å². The number of urea groups is 1. The van der Waals surface area contributed by atoms with E-state index in [1.54, 1.807) is 48.9 Å². The molecule has 3 aromatic carbocycles. The van der Waals surface area contributed by atoms with E-state index in [2.05, 4.69) is 10.6 Å². The van der Waals surface area contributed by atoms with Crippen molar-refractivity contribution in [2.24, 2.45) is 5.73 Å². The van der Waals surface area contributed by atoms with Crippen LogP contribution in [-0.2, 0) is 11.0 Å². The molecule has 2 heterocycles. The van der Waals surface area contributed by atoms with Crippen LogP contribution in [0.3, 0.4) is 0 Å². The van der Waals surface area contributed by atoms with E-state index in [9.17, 15) is 31.9 Å². The highest BCUT2D eigenvalue weighted by Gasteiger charge is 2.47. The van der Waals surface area contributed by atoms with Crippen molar-refractivity contribution < 1.29 is 31.9 Å². The number of alkyl halides is 3. The number of aromatic nitrogens is 2. The number of primary amides is 1. The normalized spacial score (nSPS) is 17.1. The fourth-order valence-corrected chi connectivity index (χ4v) is 5.47. The summed E-state index contributed by atoms with van der Waals surface area (Å²) in [5.74, 6) is -2.65. The minimum absolute atomic E-state index is 0.132. The molecule has 0 saturated heterocycles. The monoisotopic (exact) mass is 608 g/mol. The molecule has 5 rings (SSSR count). The van der Waals surface area contributed by atoms with Crippen LogP contribution in [0.25, 0.3) is 5.69 Å². The Morgan fingerprint density at radius 3 is 2.32 bits per heavy atom. The van der Waals surface area contributed by atoms with Crippen molar-refractivity contribution >= 4 is 23.7 Å². The Morgan fingerprint density at radius 2 is 1.70 bits per heavy atom. The number of carbonyl (C=O) groups excluding carboxylic acids is 3. The van der Waals surface area contributed by atoms with E-state index in [0.29, 0.717) is 34.4 Å². The van der Waals surface area contributed by atoms with Crippen molar-refractivity contribution in [3.63, 3.8) is 0 Å². The van der Waals surface area contributed by atoms with Crippen molar-refractivity contribution in [3.05, 3.63) is 113 Å². The summed E-state index contributed by atoms with van der Waals surface area (Å²) >= 11 is 0. The van der Waals surface area contributed by atoms with E-state index in [-0.39, 0.29) is 12.1 Å². The smallest absolute Gasteiger partial charge is 0.352 e. The molecule has 4 aromatic rings. The lowest BCUT2D eigenvalue weighted by Gasteiger charge is -2.39. The van der Waals surface area contributed by atoms with E-state index < -0.39 is 53.4 Å². The van der Waals surface area contributed by atoms with Gasteiger partial charge in [0, 0.05) is 23.6 Å². The zero-order valence-corrected chi connectivity index (χ0v) is 23.6. The summed E-state index contributed by atoms with van der Waals surface area (Å²) in [7, 11) is 0. The average molecular weight is 609 g/mol. The number of hydrogen-bond donors (Lipinski definition) is 3. The molecule has 0 aliphatic carbocycles. The third-order valence-electron chi connectivity index (χ3n) is 7.41. The average Bonchev–Trinajstić information content (AvgIpc) is 3.38. The first-order chi connectivity index (χ1) is 20.9. The van der Waals surface area contributed by atoms with Gasteiger partial charge >= 0.3 is 12.2 Å². The number of benzene rings is 3. The van der Waals surface area contributed by atoms with Gasteiger partial charge in [0.1, 0.15) is 17.7 Å². The van der Waals surface area contributed by atoms with Gasteiger partial charge in [0.2, 0.25) is 0 Å². The molecule has 1 aliphatic rings. The summed E-state index contributed by atoms with van der Waals surface area (Å²) in [4.78, 5) is 41.0. The number of hydrogen-bond acceptors (Lipinski definition) is 4. The number of likely N-dealkylation sites (N-methyl/N-ethyl adjacent to an activating group) is 1. The summed E-state index contributed by atoms with van der Waals surface area (Å²) < 4.78 is 55.9. The third-order valence-corrected chi connectivity index (χ3v) is 7.41. The van der Waals surface area contributed by atoms with Gasteiger partial charge in [-0.3, -0.25) is 14.5 Å². The number of nitrogens with zero attached hydrogens (tertiary/aromatic N) is 3. The fourth-order valence-electron chi connectivity index (χ4n) is 5.47. The third kappa shape index (κ3) is 5.72. The van der Waals surface area contributed by atoms with Gasteiger partial charge in [-0.15, -0.1) is 0 Å². The van der Waals surface area contributed by atoms with Crippen LogP contribution in [0.15, 0.2) is 78.9 Å². The summed E-state index contributed by atoms with van der Waals surface area (Å²) in [6, 6.07) is 15.1. The molecule has 44 heavy (non-hydrogen) atoms. The van der Waals surface area contributed by atoms with Gasteiger partial charge in [-0.25, -0.2) is 13.9 Å². The predicted molar refractivity (Wildman–Crippen MR) is 154 cm³/mol. The molecule has 13 heteroatoms. The maximum Gasteiger partial charge on any atom is 0.416 e. The highest BCUT2D eigenvalue weighted by atomic mass is 19.4. The lowest BCUT2D eigenvalue weighted by atomic mass is 9.80. The van der Waals surface area contributed by atoms with Crippen LogP contribution in [0.4, 0.5) is 28.2 Å². The zero-order valence-electron chi connectivity index (χ0n) is 23.6. The van der Waals surface area contributed by atoms with Crippen molar-refractivity contribution in [2.45, 2.75) is 38.0 Å². The number of carbonyl (C=O) groups is 3. The summed E-state index contributed by atoms with van der Waals surface area (Å²) in [5.41, 5.74) is 5.89. The SMILES string of the molecule is CCN1C(=O)[C@@H](NC(=O)c2cccc(C(F)(F)F)c2)[C@@H](c2ccc(F)cc2)c2c([C@@H](C)NC(N)=O)nn(-c3ccccc3)c21. The molecule has 0 radical (unpaired) electrons. The van der Waals surface area contributed by atoms with Crippen LogP contribution in [0.1, 0.15) is 58.5 Å². The van der Waals surface area contributed by atoms with E-state index >= 15 is 0 Å². The summed E-state index contributed by atoms with van der Waals surface area (Å²) in [5, 5.41) is 10.0. The highest BCUT2D eigenvalue weighted by Crippen LogP contribution is 2.45. The van der Waals surface area contributed by atoms with Crippen LogP contribution < -0.4 is 21.3 Å². The van der Waals surface area contributed by atoms with E-state index in [1.807, 2.05) is 0 Å². The first kappa shape index (κ1) is 30.3. The fraction of sp³-hybridized carbons (Fsp3) is 0.226. The summed E-state index contributed by atoms with van der Waals surface area (Å²) in [6.45, 7) is 3.50. The van der Waals surface area contributed by atoms with E-state index in [0.717, 1.165) is 12.1 Å². The molecule has 228 valence electrons. The van der Waals surface area contributed by atoms with Crippen LogP contribution >= 0.6 is 0 Å². The highest BCUT2D eigenvalue weighted by molar-refractivity contribution is 6.05. The number of anilines is 1. The van der Waals surface area contributed by atoms with Crippen LogP contribution in [-0.4, -0.2) is 40.2 Å². The van der Waals surface area contributed by atoms with Gasteiger partial charge in [0.25, 0.3) is 11.8 Å². The van der Waals surface area contributed by atoms with E-state index in [4.69, 9.17) is 10.8 Å². The minimum atomic E-state index is -4.69. The van der Waals surface area contributed by atoms with Crippen molar-refractivity contribution in [3.8, 4) is 5.69 Å². The molecular weight excluding hydrogens is 580 g/mol. The molecule has 9 nitrogen and oxygen atoms in total. The minimum Gasteiger partial charge on any atom is -0.352 e. The number of para-hydroxylation sites is 1. The number of halogens is 4. The lowest BCUT2D eigenvalue weighted by Crippen LogP contribution is -2.55. The van der Waals surface area contributed by atoms with Gasteiger partial charge in [-0.1, -0.05) is 36.4 Å². The number of fused-ring (bicyclic) bond motifs is 1. The Morgan fingerprint density at radius 1 is 1.02 bits per heavy atom. The molecule has 1 aromatic heterocycles. The molecule has 0 bridgehead atoms. The van der Waals surface area contributed by atoms with Gasteiger partial charge < -0.3 is 16.4 Å². The van der Waals surface area contributed by atoms with Crippen molar-refractivity contribution in [1.29, 1.82) is 0 Å². The van der Waals surface area contributed by atoms with Crippen molar-refractivity contribution in [1.82, 2.24) is 20.4 Å². The number of nitrogens with one attached hydrogen (secondary N) is 2. The zero-order chi connectivity index (χ0) is 31.8. The molecule has 0 saturated carbocycles. The van der Waals surface area contributed by atoms with Crippen LogP contribution in [0.2, 0.25) is 0 Å². The van der Waals surface area contributed by atoms with Gasteiger partial charge in [0.05, 0.1) is 23.0 Å². The number of amides is 4. The maximum atomic E-state index is 14.2. The van der Waals surface area contributed by atoms with Crippen LogP contribution in [0, 0.1) is 5.82 Å². The second kappa shape index (κ2) is 11.8. The first-order valence-corrected chi connectivity index (χ1v) is 13.7. The maximum absolute atomic E-state index is 14.2. The second-order valence-corrected chi connectivity index (χ2v) is 10.2. The first-order valence-electron chi connectivity index (χ1n) is 13.7. The Bertz CT molecular complexity index is 1710. The molecular formula is C31H28F4N6O3.